The van der Waals surface area contributed by atoms with Crippen molar-refractivity contribution >= 4 is 17.8 Å². The molecular formula is C20H24N4O3. The van der Waals surface area contributed by atoms with Gasteiger partial charge in [-0.25, -0.2) is 4.79 Å². The standard InChI is InChI=1S/C20H24N4O3/c1-19(12-9-15-7-3-2-4-8-15)17(26)24(18(27)23-19)13-16(25)22-20(14-21)10-5-6-11-20/h2-4,7-8H,5-6,9-13H2,1H3,(H,22,25)(H,23,27). The average molecular weight is 368 g/mol. The molecule has 2 aliphatic rings. The first-order valence-corrected chi connectivity index (χ1v) is 9.28. The van der Waals surface area contributed by atoms with Crippen LogP contribution in [0.25, 0.3) is 0 Å². The number of nitrogens with zero attached hydrogens (tertiary/aromatic N) is 2. The van der Waals surface area contributed by atoms with Crippen molar-refractivity contribution in [1.29, 1.82) is 5.26 Å². The van der Waals surface area contributed by atoms with Crippen LogP contribution < -0.4 is 10.6 Å². The van der Waals surface area contributed by atoms with Crippen LogP contribution in [-0.4, -0.2) is 40.4 Å². The quantitative estimate of drug-likeness (QED) is 0.749. The Kier molecular flexibility index (Phi) is 5.17. The number of benzene rings is 1. The SMILES string of the molecule is CC1(CCc2ccccc2)NC(=O)N(CC(=O)NC2(C#N)CCCC2)C1=O. The van der Waals surface area contributed by atoms with Crippen molar-refractivity contribution in [3.05, 3.63) is 35.9 Å². The lowest BCUT2D eigenvalue weighted by Crippen LogP contribution is -2.50. The Morgan fingerprint density at radius 2 is 1.93 bits per heavy atom. The van der Waals surface area contributed by atoms with E-state index in [-0.39, 0.29) is 6.54 Å². The van der Waals surface area contributed by atoms with Gasteiger partial charge in [0.1, 0.15) is 17.6 Å². The van der Waals surface area contributed by atoms with Crippen molar-refractivity contribution < 1.29 is 14.4 Å². The van der Waals surface area contributed by atoms with E-state index in [2.05, 4.69) is 16.7 Å². The van der Waals surface area contributed by atoms with Gasteiger partial charge in [-0.2, -0.15) is 5.26 Å². The van der Waals surface area contributed by atoms with Gasteiger partial charge in [-0.3, -0.25) is 14.5 Å². The Labute approximate surface area is 158 Å². The molecule has 1 saturated heterocycles. The molecule has 0 bridgehead atoms. The Hall–Kier alpha value is -2.88. The summed E-state index contributed by atoms with van der Waals surface area (Å²) in [7, 11) is 0. The van der Waals surface area contributed by atoms with Crippen molar-refractivity contribution in [2.45, 2.75) is 56.5 Å². The Balaban J connectivity index is 1.61. The monoisotopic (exact) mass is 368 g/mol. The van der Waals surface area contributed by atoms with Crippen LogP contribution in [0.4, 0.5) is 4.79 Å². The van der Waals surface area contributed by atoms with Crippen molar-refractivity contribution in [3.63, 3.8) is 0 Å². The number of hydrogen-bond acceptors (Lipinski definition) is 4. The zero-order chi connectivity index (χ0) is 19.5. The van der Waals surface area contributed by atoms with Crippen LogP contribution in [0.3, 0.4) is 0 Å². The molecule has 3 rings (SSSR count). The minimum absolute atomic E-state index is 0.366. The summed E-state index contributed by atoms with van der Waals surface area (Å²) in [5, 5.41) is 14.8. The number of aryl methyl sites for hydroxylation is 1. The summed E-state index contributed by atoms with van der Waals surface area (Å²) < 4.78 is 0. The number of nitriles is 1. The molecule has 1 aromatic carbocycles. The van der Waals surface area contributed by atoms with Gasteiger partial charge < -0.3 is 10.6 Å². The molecule has 7 heteroatoms. The summed E-state index contributed by atoms with van der Waals surface area (Å²) in [6, 6.07) is 11.3. The van der Waals surface area contributed by atoms with Crippen LogP contribution in [0, 0.1) is 11.3 Å². The largest absolute Gasteiger partial charge is 0.336 e. The highest BCUT2D eigenvalue weighted by atomic mass is 16.2. The predicted molar refractivity (Wildman–Crippen MR) is 98.4 cm³/mol. The van der Waals surface area contributed by atoms with Crippen LogP contribution in [0.2, 0.25) is 0 Å². The molecular weight excluding hydrogens is 344 g/mol. The van der Waals surface area contributed by atoms with Gasteiger partial charge in [-0.1, -0.05) is 30.3 Å². The lowest BCUT2D eigenvalue weighted by molar-refractivity contribution is -0.135. The fourth-order valence-corrected chi connectivity index (χ4v) is 3.79. The van der Waals surface area contributed by atoms with E-state index >= 15 is 0 Å². The van der Waals surface area contributed by atoms with E-state index in [1.165, 1.54) is 0 Å². The second-order valence-electron chi connectivity index (χ2n) is 7.59. The van der Waals surface area contributed by atoms with Gasteiger partial charge in [0.2, 0.25) is 5.91 Å². The van der Waals surface area contributed by atoms with E-state index in [9.17, 15) is 19.6 Å². The van der Waals surface area contributed by atoms with Gasteiger partial charge in [0.25, 0.3) is 5.91 Å². The molecule has 0 radical (unpaired) electrons. The first-order chi connectivity index (χ1) is 12.9. The number of nitrogens with one attached hydrogen (secondary N) is 2. The van der Waals surface area contributed by atoms with Gasteiger partial charge in [-0.15, -0.1) is 0 Å². The summed E-state index contributed by atoms with van der Waals surface area (Å²) in [6.07, 6.45) is 4.06. The maximum absolute atomic E-state index is 12.8. The maximum atomic E-state index is 12.8. The van der Waals surface area contributed by atoms with Gasteiger partial charge in [0.15, 0.2) is 0 Å². The van der Waals surface area contributed by atoms with Crippen LogP contribution in [0.5, 0.6) is 0 Å². The van der Waals surface area contributed by atoms with Crippen molar-refractivity contribution in [2.24, 2.45) is 0 Å². The number of imide groups is 1. The molecule has 1 heterocycles. The van der Waals surface area contributed by atoms with Gasteiger partial charge in [0, 0.05) is 0 Å². The zero-order valence-corrected chi connectivity index (χ0v) is 15.5. The Bertz CT molecular complexity index is 780. The molecule has 0 aromatic heterocycles. The number of hydrogen-bond donors (Lipinski definition) is 2. The maximum Gasteiger partial charge on any atom is 0.325 e. The molecule has 1 atom stereocenters. The van der Waals surface area contributed by atoms with E-state index in [1.54, 1.807) is 6.92 Å². The third-order valence-corrected chi connectivity index (χ3v) is 5.45. The molecule has 7 nitrogen and oxygen atoms in total. The minimum atomic E-state index is -1.03. The van der Waals surface area contributed by atoms with E-state index < -0.39 is 28.9 Å². The highest BCUT2D eigenvalue weighted by molar-refractivity contribution is 6.08. The first kappa shape index (κ1) is 18.9. The van der Waals surface area contributed by atoms with Gasteiger partial charge in [0.05, 0.1) is 6.07 Å². The van der Waals surface area contributed by atoms with Crippen molar-refractivity contribution in [1.82, 2.24) is 15.5 Å². The number of urea groups is 1. The summed E-state index contributed by atoms with van der Waals surface area (Å²) in [5.74, 6) is -0.884. The molecule has 2 fully saturated rings. The van der Waals surface area contributed by atoms with E-state index in [1.807, 2.05) is 30.3 Å². The molecule has 1 saturated carbocycles. The van der Waals surface area contributed by atoms with E-state index in [0.717, 1.165) is 23.3 Å². The van der Waals surface area contributed by atoms with Crippen LogP contribution in [-0.2, 0) is 16.0 Å². The highest BCUT2D eigenvalue weighted by Crippen LogP contribution is 2.29. The van der Waals surface area contributed by atoms with Crippen molar-refractivity contribution in [3.8, 4) is 6.07 Å². The minimum Gasteiger partial charge on any atom is -0.336 e. The Morgan fingerprint density at radius 3 is 2.56 bits per heavy atom. The summed E-state index contributed by atoms with van der Waals surface area (Å²) in [5.41, 5.74) is -0.824. The third-order valence-electron chi connectivity index (χ3n) is 5.45. The molecule has 1 aromatic rings. The molecule has 4 amide bonds. The topological polar surface area (TPSA) is 102 Å². The average Bonchev–Trinajstić information content (AvgIpc) is 3.20. The summed E-state index contributed by atoms with van der Waals surface area (Å²) in [4.78, 5) is 38.4. The zero-order valence-electron chi connectivity index (χ0n) is 15.5. The lowest BCUT2D eigenvalue weighted by Gasteiger charge is -2.24. The van der Waals surface area contributed by atoms with Crippen LogP contribution >= 0.6 is 0 Å². The fraction of sp³-hybridized carbons (Fsp3) is 0.500. The molecule has 2 N–H and O–H groups in total. The van der Waals surface area contributed by atoms with Gasteiger partial charge >= 0.3 is 6.03 Å². The molecule has 1 aliphatic carbocycles. The van der Waals surface area contributed by atoms with E-state index in [4.69, 9.17) is 0 Å². The fourth-order valence-electron chi connectivity index (χ4n) is 3.79. The predicted octanol–water partition coefficient (Wildman–Crippen LogP) is 1.88. The molecule has 1 unspecified atom stereocenters. The smallest absolute Gasteiger partial charge is 0.325 e. The highest BCUT2D eigenvalue weighted by Gasteiger charge is 2.48. The number of carbonyl (C=O) groups is 3. The third kappa shape index (κ3) is 3.95. The second kappa shape index (κ2) is 7.39. The molecule has 142 valence electrons. The van der Waals surface area contributed by atoms with Crippen LogP contribution in [0.1, 0.15) is 44.6 Å². The summed E-state index contributed by atoms with van der Waals surface area (Å²) >= 11 is 0. The second-order valence-corrected chi connectivity index (χ2v) is 7.59. The molecule has 0 spiro atoms. The van der Waals surface area contributed by atoms with E-state index in [0.29, 0.717) is 25.7 Å². The van der Waals surface area contributed by atoms with Crippen LogP contribution in [0.15, 0.2) is 30.3 Å². The number of amides is 4. The van der Waals surface area contributed by atoms with Crippen molar-refractivity contribution in [2.75, 3.05) is 6.54 Å². The first-order valence-electron chi connectivity index (χ1n) is 9.28. The normalized spacial score (nSPS) is 23.8. The Morgan fingerprint density at radius 1 is 1.26 bits per heavy atom. The number of rotatable bonds is 6. The summed E-state index contributed by atoms with van der Waals surface area (Å²) in [6.45, 7) is 1.32. The number of carbonyl (C=O) groups excluding carboxylic acids is 3. The molecule has 1 aliphatic heterocycles. The molecule has 27 heavy (non-hydrogen) atoms. The lowest BCUT2D eigenvalue weighted by atomic mass is 9.93. The van der Waals surface area contributed by atoms with Gasteiger partial charge in [-0.05, 0) is 51.0 Å².